The predicted octanol–water partition coefficient (Wildman–Crippen LogP) is 9.11. The Balaban J connectivity index is 1.83. The van der Waals surface area contributed by atoms with Gasteiger partial charge in [0.25, 0.3) is 0 Å². The Labute approximate surface area is 217 Å². The summed E-state index contributed by atoms with van der Waals surface area (Å²) in [5.41, 5.74) is 6.22. The summed E-state index contributed by atoms with van der Waals surface area (Å²) in [7, 11) is 0. The van der Waals surface area contributed by atoms with Crippen LogP contribution in [0.15, 0.2) is 77.3 Å². The average molecular weight is 554 g/mol. The molecule has 1 aliphatic carbocycles. The summed E-state index contributed by atoms with van der Waals surface area (Å²) in [5, 5.41) is 4.89. The largest absolute Gasteiger partial charge is 0.353 e. The van der Waals surface area contributed by atoms with Crippen LogP contribution in [-0.4, -0.2) is 10.4 Å². The standard InChI is InChI=1S/C28H23BrCl2N2O/c1-28(2)15-23-25(24(34)16-28)26(32-21-11-9-20(31)10-12-21)27(17-3-7-19(30)8-4-17)33(23)22-13-5-18(29)6-14-22/h3-14,32H,15-16H2,1-2H3. The smallest absolute Gasteiger partial charge is 0.167 e. The molecule has 3 nitrogen and oxygen atoms in total. The number of hydrogen-bond acceptors (Lipinski definition) is 2. The van der Waals surface area contributed by atoms with E-state index in [4.69, 9.17) is 23.2 Å². The highest BCUT2D eigenvalue weighted by atomic mass is 79.9. The van der Waals surface area contributed by atoms with Gasteiger partial charge in [0.1, 0.15) is 0 Å². The summed E-state index contributed by atoms with van der Waals surface area (Å²) in [4.78, 5) is 13.6. The number of nitrogens with zero attached hydrogens (tertiary/aromatic N) is 1. The number of nitrogens with one attached hydrogen (secondary N) is 1. The number of carbonyl (C=O) groups excluding carboxylic acids is 1. The van der Waals surface area contributed by atoms with Gasteiger partial charge in [0, 0.05) is 43.6 Å². The van der Waals surface area contributed by atoms with Crippen molar-refractivity contribution in [1.82, 2.24) is 4.57 Å². The van der Waals surface area contributed by atoms with Crippen molar-refractivity contribution in [1.29, 1.82) is 0 Å². The Morgan fingerprint density at radius 1 is 0.853 bits per heavy atom. The average Bonchev–Trinajstić information content (AvgIpc) is 3.09. The number of ketones is 1. The van der Waals surface area contributed by atoms with Crippen LogP contribution in [0.1, 0.15) is 36.3 Å². The maximum Gasteiger partial charge on any atom is 0.167 e. The van der Waals surface area contributed by atoms with E-state index in [0.29, 0.717) is 16.5 Å². The third-order valence-corrected chi connectivity index (χ3v) is 7.18. The van der Waals surface area contributed by atoms with Crippen LogP contribution in [0.4, 0.5) is 11.4 Å². The molecule has 0 saturated carbocycles. The molecule has 0 saturated heterocycles. The van der Waals surface area contributed by atoms with Crippen LogP contribution in [0.2, 0.25) is 10.0 Å². The molecule has 0 spiro atoms. The minimum absolute atomic E-state index is 0.135. The van der Waals surface area contributed by atoms with Crippen LogP contribution in [0.25, 0.3) is 16.9 Å². The molecule has 1 heterocycles. The monoisotopic (exact) mass is 552 g/mol. The molecule has 0 radical (unpaired) electrons. The molecule has 0 aliphatic heterocycles. The molecule has 0 bridgehead atoms. The van der Waals surface area contributed by atoms with Gasteiger partial charge in [-0.15, -0.1) is 0 Å². The molecule has 1 aliphatic rings. The van der Waals surface area contributed by atoms with Gasteiger partial charge in [0.2, 0.25) is 0 Å². The van der Waals surface area contributed by atoms with Crippen LogP contribution in [0.5, 0.6) is 0 Å². The minimum Gasteiger partial charge on any atom is -0.353 e. The second-order valence-electron chi connectivity index (χ2n) is 9.44. The third-order valence-electron chi connectivity index (χ3n) is 6.15. The normalized spacial score (nSPS) is 14.7. The van der Waals surface area contributed by atoms with Crippen LogP contribution in [0, 0.1) is 5.41 Å². The van der Waals surface area contributed by atoms with E-state index in [1.54, 1.807) is 0 Å². The zero-order valence-electron chi connectivity index (χ0n) is 18.8. The molecular weight excluding hydrogens is 531 g/mol. The van der Waals surface area contributed by atoms with E-state index in [-0.39, 0.29) is 11.2 Å². The molecule has 0 atom stereocenters. The van der Waals surface area contributed by atoms with E-state index in [1.807, 2.05) is 60.7 Å². The van der Waals surface area contributed by atoms with Gasteiger partial charge in [-0.1, -0.05) is 65.1 Å². The highest BCUT2D eigenvalue weighted by molar-refractivity contribution is 9.10. The molecule has 1 aromatic heterocycles. The van der Waals surface area contributed by atoms with E-state index in [2.05, 4.69) is 51.8 Å². The highest BCUT2D eigenvalue weighted by Crippen LogP contribution is 2.47. The molecule has 3 aromatic carbocycles. The molecule has 6 heteroatoms. The van der Waals surface area contributed by atoms with Gasteiger partial charge in [-0.2, -0.15) is 0 Å². The predicted molar refractivity (Wildman–Crippen MR) is 145 cm³/mol. The molecule has 34 heavy (non-hydrogen) atoms. The quantitative estimate of drug-likeness (QED) is 0.273. The molecule has 5 rings (SSSR count). The van der Waals surface area contributed by atoms with E-state index in [9.17, 15) is 4.79 Å². The van der Waals surface area contributed by atoms with Crippen molar-refractivity contribution in [3.05, 3.63) is 98.6 Å². The summed E-state index contributed by atoms with van der Waals surface area (Å²) in [6.07, 6.45) is 1.28. The van der Waals surface area contributed by atoms with Crippen molar-refractivity contribution in [2.24, 2.45) is 5.41 Å². The lowest BCUT2D eigenvalue weighted by Crippen LogP contribution is -2.28. The van der Waals surface area contributed by atoms with E-state index in [0.717, 1.165) is 50.5 Å². The first-order chi connectivity index (χ1) is 16.2. The number of halogens is 3. The van der Waals surface area contributed by atoms with Gasteiger partial charge in [-0.05, 0) is 72.5 Å². The first kappa shape index (κ1) is 23.2. The highest BCUT2D eigenvalue weighted by Gasteiger charge is 2.38. The van der Waals surface area contributed by atoms with Crippen LogP contribution in [0.3, 0.4) is 0 Å². The molecular formula is C28H23BrCl2N2O. The van der Waals surface area contributed by atoms with Crippen LogP contribution >= 0.6 is 39.1 Å². The summed E-state index contributed by atoms with van der Waals surface area (Å²) in [5.74, 6) is 0.147. The number of aromatic nitrogens is 1. The maximum atomic E-state index is 13.6. The fraction of sp³-hybridized carbons (Fsp3) is 0.179. The number of benzene rings is 3. The van der Waals surface area contributed by atoms with Crippen molar-refractivity contribution in [3.63, 3.8) is 0 Å². The van der Waals surface area contributed by atoms with Crippen molar-refractivity contribution >= 4 is 56.3 Å². The molecule has 4 aromatic rings. The molecule has 172 valence electrons. The second kappa shape index (κ2) is 8.92. The zero-order chi connectivity index (χ0) is 24.0. The lowest BCUT2D eigenvalue weighted by atomic mass is 9.76. The Kier molecular flexibility index (Phi) is 6.09. The zero-order valence-corrected chi connectivity index (χ0v) is 21.9. The second-order valence-corrected chi connectivity index (χ2v) is 11.2. The Morgan fingerprint density at radius 3 is 2.06 bits per heavy atom. The topological polar surface area (TPSA) is 34.0 Å². The summed E-state index contributed by atoms with van der Waals surface area (Å²) in [6.45, 7) is 4.31. The number of hydrogen-bond donors (Lipinski definition) is 1. The van der Waals surface area contributed by atoms with Gasteiger partial charge in [0.05, 0.1) is 16.9 Å². The molecule has 0 unspecified atom stereocenters. The number of Topliss-reactive ketones (excluding diaryl/α,β-unsaturated/α-hetero) is 1. The number of carbonyl (C=O) groups is 1. The van der Waals surface area contributed by atoms with Gasteiger partial charge in [-0.25, -0.2) is 0 Å². The van der Waals surface area contributed by atoms with Gasteiger partial charge in [0.15, 0.2) is 5.78 Å². The third kappa shape index (κ3) is 4.43. The number of fused-ring (bicyclic) bond motifs is 1. The van der Waals surface area contributed by atoms with Gasteiger partial charge in [-0.3, -0.25) is 4.79 Å². The minimum atomic E-state index is -0.135. The summed E-state index contributed by atoms with van der Waals surface area (Å²) >= 11 is 15.9. The molecule has 0 amide bonds. The fourth-order valence-electron chi connectivity index (χ4n) is 4.68. The van der Waals surface area contributed by atoms with E-state index >= 15 is 0 Å². The van der Waals surface area contributed by atoms with E-state index < -0.39 is 0 Å². The Morgan fingerprint density at radius 2 is 1.44 bits per heavy atom. The molecule has 0 fully saturated rings. The lowest BCUT2D eigenvalue weighted by Gasteiger charge is -2.30. The van der Waals surface area contributed by atoms with Gasteiger partial charge >= 0.3 is 0 Å². The summed E-state index contributed by atoms with van der Waals surface area (Å²) in [6, 6.07) is 23.5. The van der Waals surface area contributed by atoms with Crippen LogP contribution < -0.4 is 5.32 Å². The fourth-order valence-corrected chi connectivity index (χ4v) is 5.20. The first-order valence-electron chi connectivity index (χ1n) is 11.1. The Hall–Kier alpha value is -2.53. The van der Waals surface area contributed by atoms with Gasteiger partial charge < -0.3 is 9.88 Å². The summed E-state index contributed by atoms with van der Waals surface area (Å²) < 4.78 is 3.23. The number of rotatable bonds is 4. The van der Waals surface area contributed by atoms with E-state index in [1.165, 1.54) is 0 Å². The van der Waals surface area contributed by atoms with Crippen molar-refractivity contribution in [2.75, 3.05) is 5.32 Å². The van der Waals surface area contributed by atoms with Crippen molar-refractivity contribution in [2.45, 2.75) is 26.7 Å². The van der Waals surface area contributed by atoms with Crippen molar-refractivity contribution in [3.8, 4) is 16.9 Å². The Bertz CT molecular complexity index is 1370. The maximum absolute atomic E-state index is 13.6. The first-order valence-corrected chi connectivity index (χ1v) is 12.6. The molecule has 1 N–H and O–H groups in total. The SMILES string of the molecule is CC1(C)CC(=O)c2c(Nc3ccc(Cl)cc3)c(-c3ccc(Cl)cc3)n(-c3ccc(Br)cc3)c2C1. The van der Waals surface area contributed by atoms with Crippen LogP contribution in [-0.2, 0) is 6.42 Å². The van der Waals surface area contributed by atoms with Crippen molar-refractivity contribution < 1.29 is 4.79 Å². The lowest BCUT2D eigenvalue weighted by molar-refractivity contribution is 0.0912. The number of anilines is 2.